The topological polar surface area (TPSA) is 104 Å². The largest absolute Gasteiger partial charge is 0.354 e. The van der Waals surface area contributed by atoms with E-state index in [0.717, 1.165) is 37.3 Å². The van der Waals surface area contributed by atoms with E-state index in [0.29, 0.717) is 17.4 Å². The van der Waals surface area contributed by atoms with E-state index in [4.69, 9.17) is 0 Å². The summed E-state index contributed by atoms with van der Waals surface area (Å²) in [6.07, 6.45) is 4.20. The molecule has 1 aliphatic rings. The average molecular weight is 378 g/mol. The van der Waals surface area contributed by atoms with Gasteiger partial charge in [-0.15, -0.1) is 0 Å². The highest BCUT2D eigenvalue weighted by Gasteiger charge is 2.24. The average Bonchev–Trinajstić information content (AvgIpc) is 2.74. The van der Waals surface area contributed by atoms with Gasteiger partial charge in [0, 0.05) is 36.3 Å². The molecule has 1 unspecified atom stereocenters. The number of hydrogen-bond acceptors (Lipinski definition) is 6. The highest BCUT2D eigenvalue weighted by molar-refractivity contribution is 5.95. The summed E-state index contributed by atoms with van der Waals surface area (Å²) in [6.45, 7) is 3.57. The molecule has 1 aromatic carbocycles. The Labute approximate surface area is 162 Å². The van der Waals surface area contributed by atoms with E-state index < -0.39 is 5.91 Å². The lowest BCUT2D eigenvalue weighted by molar-refractivity contribution is 0.0926. The zero-order valence-electron chi connectivity index (χ0n) is 15.7. The van der Waals surface area contributed by atoms with Crippen LogP contribution in [-0.2, 0) is 6.42 Å². The van der Waals surface area contributed by atoms with Crippen LogP contribution < -0.4 is 15.6 Å². The predicted molar refractivity (Wildman–Crippen MR) is 106 cm³/mol. The van der Waals surface area contributed by atoms with E-state index in [1.54, 1.807) is 24.5 Å². The molecule has 28 heavy (non-hydrogen) atoms. The van der Waals surface area contributed by atoms with Crippen LogP contribution in [0.15, 0.2) is 41.5 Å². The Kier molecular flexibility index (Phi) is 5.01. The maximum Gasteiger partial charge on any atom is 0.276 e. The molecule has 1 saturated heterocycles. The highest BCUT2D eigenvalue weighted by Crippen LogP contribution is 2.18. The van der Waals surface area contributed by atoms with Crippen LogP contribution in [0.3, 0.4) is 0 Å². The second-order valence-electron chi connectivity index (χ2n) is 6.93. The molecule has 4 rings (SSSR count). The molecule has 8 nitrogen and oxygen atoms in total. The van der Waals surface area contributed by atoms with Crippen molar-refractivity contribution in [1.29, 1.82) is 0 Å². The number of nitrogens with zero attached hydrogens (tertiary/aromatic N) is 4. The maximum atomic E-state index is 12.7. The van der Waals surface area contributed by atoms with E-state index in [1.807, 2.05) is 12.1 Å². The summed E-state index contributed by atoms with van der Waals surface area (Å²) in [5, 5.41) is 10.2. The summed E-state index contributed by atoms with van der Waals surface area (Å²) >= 11 is 0. The van der Waals surface area contributed by atoms with Gasteiger partial charge in [-0.25, -0.2) is 9.97 Å². The summed E-state index contributed by atoms with van der Waals surface area (Å²) in [7, 11) is 0. The lowest BCUT2D eigenvalue weighted by Gasteiger charge is -2.33. The molecule has 3 aromatic rings. The van der Waals surface area contributed by atoms with Gasteiger partial charge in [-0.3, -0.25) is 14.7 Å². The van der Waals surface area contributed by atoms with Crippen molar-refractivity contribution in [2.45, 2.75) is 32.2 Å². The number of piperidine rings is 1. The molecule has 8 heteroatoms. The van der Waals surface area contributed by atoms with Crippen molar-refractivity contribution < 1.29 is 4.79 Å². The Bertz CT molecular complexity index is 1060. The van der Waals surface area contributed by atoms with Crippen molar-refractivity contribution in [2.24, 2.45) is 0 Å². The smallest absolute Gasteiger partial charge is 0.276 e. The zero-order chi connectivity index (χ0) is 19.5. The molecule has 0 saturated carbocycles. The molecule has 1 aliphatic heterocycles. The maximum absolute atomic E-state index is 12.7. The van der Waals surface area contributed by atoms with E-state index in [9.17, 15) is 9.59 Å². The van der Waals surface area contributed by atoms with Crippen molar-refractivity contribution in [3.63, 3.8) is 0 Å². The number of nitrogens with one attached hydrogen (secondary N) is 2. The monoisotopic (exact) mass is 378 g/mol. The number of carbonyl (C=O) groups excluding carboxylic acids is 1. The summed E-state index contributed by atoms with van der Waals surface area (Å²) in [5.41, 5.74) is 1.14. The molecule has 2 aromatic heterocycles. The van der Waals surface area contributed by atoms with Gasteiger partial charge < -0.3 is 10.2 Å². The number of fused-ring (bicyclic) bond motifs is 1. The van der Waals surface area contributed by atoms with Crippen LogP contribution in [-0.4, -0.2) is 45.2 Å². The lowest BCUT2D eigenvalue weighted by Crippen LogP contribution is -2.49. The molecule has 0 radical (unpaired) electrons. The van der Waals surface area contributed by atoms with Gasteiger partial charge in [0.05, 0.1) is 5.52 Å². The summed E-state index contributed by atoms with van der Waals surface area (Å²) in [5.74, 6) is 0.420. The number of amides is 1. The van der Waals surface area contributed by atoms with Crippen molar-refractivity contribution in [3.05, 3.63) is 58.3 Å². The number of aryl methyl sites for hydroxylation is 1. The van der Waals surface area contributed by atoms with E-state index in [2.05, 4.69) is 37.3 Å². The molecule has 3 heterocycles. The quantitative estimate of drug-likeness (QED) is 0.716. The number of H-pyrrole nitrogens is 1. The third kappa shape index (κ3) is 3.58. The zero-order valence-corrected chi connectivity index (χ0v) is 15.7. The van der Waals surface area contributed by atoms with Gasteiger partial charge in [-0.1, -0.05) is 19.1 Å². The molecular formula is C20H22N6O2. The predicted octanol–water partition coefficient (Wildman–Crippen LogP) is 1.67. The number of aromatic nitrogens is 4. The van der Waals surface area contributed by atoms with Crippen LogP contribution in [0.5, 0.6) is 0 Å². The molecular weight excluding hydrogens is 356 g/mol. The number of rotatable bonds is 4. The number of benzene rings is 1. The van der Waals surface area contributed by atoms with Crippen LogP contribution in [0.1, 0.15) is 35.9 Å². The fourth-order valence-electron chi connectivity index (χ4n) is 3.54. The van der Waals surface area contributed by atoms with Gasteiger partial charge in [0.15, 0.2) is 5.69 Å². The Balaban J connectivity index is 1.50. The third-order valence-electron chi connectivity index (χ3n) is 5.04. The minimum absolute atomic E-state index is 0.0750. The van der Waals surface area contributed by atoms with Crippen LogP contribution in [0.2, 0.25) is 0 Å². The first-order valence-corrected chi connectivity index (χ1v) is 9.50. The molecule has 1 amide bonds. The first kappa shape index (κ1) is 18.1. The standard InChI is InChI=1S/C20H22N6O2/c1-2-13-10-17(22-12-21-13)26-9-5-6-14(11-26)23-20(28)18-19(27)15-7-3-4-8-16(15)24-25-18/h3-4,7-8,10,12,14H,2,5-6,9,11H2,1H3,(H,23,28)(H,24,27). The second kappa shape index (κ2) is 7.75. The van der Waals surface area contributed by atoms with Gasteiger partial charge in [-0.2, -0.15) is 5.10 Å². The minimum Gasteiger partial charge on any atom is -0.354 e. The fraction of sp³-hybridized carbons (Fsp3) is 0.350. The lowest BCUT2D eigenvalue weighted by atomic mass is 10.1. The molecule has 0 spiro atoms. The van der Waals surface area contributed by atoms with Crippen molar-refractivity contribution in [3.8, 4) is 0 Å². The summed E-state index contributed by atoms with van der Waals surface area (Å²) in [4.78, 5) is 36.0. The Hall–Kier alpha value is -3.29. The van der Waals surface area contributed by atoms with Crippen LogP contribution in [0, 0.1) is 0 Å². The SMILES string of the molecule is CCc1cc(N2CCCC(NC(=O)c3n[nH]c4ccccc4c3=O)C2)ncn1. The number of carbonyl (C=O) groups is 1. The molecule has 2 N–H and O–H groups in total. The number of anilines is 1. The van der Waals surface area contributed by atoms with Gasteiger partial charge in [0.1, 0.15) is 12.1 Å². The Morgan fingerprint density at radius 1 is 1.32 bits per heavy atom. The van der Waals surface area contributed by atoms with E-state index >= 15 is 0 Å². The molecule has 0 bridgehead atoms. The summed E-state index contributed by atoms with van der Waals surface area (Å²) < 4.78 is 0. The molecule has 1 atom stereocenters. The van der Waals surface area contributed by atoms with Crippen LogP contribution >= 0.6 is 0 Å². The number of hydrogen-bond donors (Lipinski definition) is 2. The van der Waals surface area contributed by atoms with Gasteiger partial charge in [-0.05, 0) is 31.4 Å². The second-order valence-corrected chi connectivity index (χ2v) is 6.93. The van der Waals surface area contributed by atoms with Gasteiger partial charge >= 0.3 is 0 Å². The molecule has 144 valence electrons. The first-order chi connectivity index (χ1) is 13.7. The van der Waals surface area contributed by atoms with E-state index in [-0.39, 0.29) is 17.2 Å². The number of para-hydroxylation sites is 1. The summed E-state index contributed by atoms with van der Waals surface area (Å²) in [6, 6.07) is 8.94. The number of aromatic amines is 1. The van der Waals surface area contributed by atoms with Crippen LogP contribution in [0.25, 0.3) is 10.9 Å². The Morgan fingerprint density at radius 2 is 2.18 bits per heavy atom. The van der Waals surface area contributed by atoms with Crippen molar-refractivity contribution in [2.75, 3.05) is 18.0 Å². The van der Waals surface area contributed by atoms with Crippen molar-refractivity contribution >= 4 is 22.6 Å². The Morgan fingerprint density at radius 3 is 3.04 bits per heavy atom. The van der Waals surface area contributed by atoms with Gasteiger partial charge in [0.2, 0.25) is 5.43 Å². The minimum atomic E-state index is -0.448. The van der Waals surface area contributed by atoms with Crippen LogP contribution in [0.4, 0.5) is 5.82 Å². The normalized spacial score (nSPS) is 16.9. The molecule has 1 fully saturated rings. The van der Waals surface area contributed by atoms with E-state index in [1.165, 1.54) is 0 Å². The highest BCUT2D eigenvalue weighted by atomic mass is 16.2. The first-order valence-electron chi connectivity index (χ1n) is 9.50. The van der Waals surface area contributed by atoms with Crippen molar-refractivity contribution in [1.82, 2.24) is 25.5 Å². The molecule has 0 aliphatic carbocycles. The van der Waals surface area contributed by atoms with Gasteiger partial charge in [0.25, 0.3) is 5.91 Å². The third-order valence-corrected chi connectivity index (χ3v) is 5.04. The fourth-order valence-corrected chi connectivity index (χ4v) is 3.54.